The molecule has 0 bridgehead atoms. The molecule has 1 aromatic rings. The van der Waals surface area contributed by atoms with Crippen LogP contribution in [0.25, 0.3) is 0 Å². The van der Waals surface area contributed by atoms with Crippen molar-refractivity contribution in [3.8, 4) is 0 Å². The molecule has 0 saturated heterocycles. The normalized spacial score (nSPS) is 21.3. The van der Waals surface area contributed by atoms with E-state index in [9.17, 15) is 9.59 Å². The molecule has 1 aliphatic carbocycles. The average molecular weight is 423 g/mol. The number of rotatable bonds is 6. The van der Waals surface area contributed by atoms with Crippen molar-refractivity contribution >= 4 is 33.4 Å². The zero-order valence-electron chi connectivity index (χ0n) is 16.3. The molecule has 26 heavy (non-hydrogen) atoms. The van der Waals surface area contributed by atoms with E-state index in [1.165, 1.54) is 0 Å². The third-order valence-corrected chi connectivity index (χ3v) is 6.04. The Morgan fingerprint density at radius 3 is 2.42 bits per heavy atom. The molecule has 1 unspecified atom stereocenters. The molecule has 5 heteroatoms. The highest BCUT2D eigenvalue weighted by Gasteiger charge is 2.28. The summed E-state index contributed by atoms with van der Waals surface area (Å²) < 4.78 is 1.01. The molecule has 2 N–H and O–H groups in total. The van der Waals surface area contributed by atoms with Crippen molar-refractivity contribution < 1.29 is 9.59 Å². The van der Waals surface area contributed by atoms with Crippen molar-refractivity contribution in [2.75, 3.05) is 5.32 Å². The Morgan fingerprint density at radius 2 is 1.85 bits per heavy atom. The summed E-state index contributed by atoms with van der Waals surface area (Å²) in [5.74, 6) is 0.963. The van der Waals surface area contributed by atoms with Crippen molar-refractivity contribution in [3.05, 3.63) is 28.2 Å². The molecule has 1 saturated carbocycles. The minimum Gasteiger partial charge on any atom is -0.344 e. The Balaban J connectivity index is 2.01. The van der Waals surface area contributed by atoms with Crippen LogP contribution in [0.3, 0.4) is 0 Å². The van der Waals surface area contributed by atoms with Crippen molar-refractivity contribution in [1.82, 2.24) is 5.32 Å². The molecular weight excluding hydrogens is 392 g/mol. The van der Waals surface area contributed by atoms with Gasteiger partial charge in [-0.15, -0.1) is 0 Å². The van der Waals surface area contributed by atoms with E-state index in [4.69, 9.17) is 0 Å². The average Bonchev–Trinajstić information content (AvgIpc) is 2.57. The Kier molecular flexibility index (Phi) is 7.69. The number of aryl methyl sites for hydroxylation is 1. The van der Waals surface area contributed by atoms with Gasteiger partial charge in [-0.3, -0.25) is 9.59 Å². The summed E-state index contributed by atoms with van der Waals surface area (Å²) in [6.07, 6.45) is 4.68. The lowest BCUT2D eigenvalue weighted by molar-refractivity contribution is -0.130. The van der Waals surface area contributed by atoms with Crippen LogP contribution in [0.5, 0.6) is 0 Å². The van der Waals surface area contributed by atoms with E-state index in [0.29, 0.717) is 18.3 Å². The van der Waals surface area contributed by atoms with E-state index in [-0.39, 0.29) is 17.7 Å². The van der Waals surface area contributed by atoms with Crippen LogP contribution < -0.4 is 10.6 Å². The van der Waals surface area contributed by atoms with Gasteiger partial charge in [0.2, 0.25) is 11.8 Å². The minimum absolute atomic E-state index is 0.0321. The van der Waals surface area contributed by atoms with Gasteiger partial charge in [0.25, 0.3) is 0 Å². The Morgan fingerprint density at radius 1 is 1.19 bits per heavy atom. The van der Waals surface area contributed by atoms with Crippen molar-refractivity contribution in [1.29, 1.82) is 0 Å². The molecule has 4 nitrogen and oxygen atoms in total. The molecule has 1 atom stereocenters. The number of nitrogens with one attached hydrogen (secondary N) is 2. The highest BCUT2D eigenvalue weighted by Crippen LogP contribution is 2.28. The van der Waals surface area contributed by atoms with Gasteiger partial charge in [-0.2, -0.15) is 0 Å². The fourth-order valence-electron chi connectivity index (χ4n) is 3.47. The van der Waals surface area contributed by atoms with E-state index in [0.717, 1.165) is 41.4 Å². The van der Waals surface area contributed by atoms with Crippen LogP contribution in [0.15, 0.2) is 22.7 Å². The lowest BCUT2D eigenvalue weighted by Gasteiger charge is -2.28. The van der Waals surface area contributed by atoms with Crippen LogP contribution in [0.4, 0.5) is 5.69 Å². The Bertz CT molecular complexity index is 637. The van der Waals surface area contributed by atoms with Crippen molar-refractivity contribution in [2.45, 2.75) is 65.8 Å². The first kappa shape index (κ1) is 20.9. The molecule has 0 radical (unpaired) electrons. The van der Waals surface area contributed by atoms with Crippen molar-refractivity contribution in [2.24, 2.45) is 17.8 Å². The quantitative estimate of drug-likeness (QED) is 0.673. The lowest BCUT2D eigenvalue weighted by Crippen LogP contribution is -2.47. The number of halogens is 1. The molecule has 1 fully saturated rings. The molecule has 2 amide bonds. The van der Waals surface area contributed by atoms with Gasteiger partial charge in [-0.25, -0.2) is 0 Å². The number of amides is 2. The smallest absolute Gasteiger partial charge is 0.246 e. The molecular formula is C21H31BrN2O2. The second-order valence-electron chi connectivity index (χ2n) is 8.10. The highest BCUT2D eigenvalue weighted by molar-refractivity contribution is 9.10. The van der Waals surface area contributed by atoms with Crippen LogP contribution in [0.2, 0.25) is 0 Å². The molecule has 1 aliphatic rings. The van der Waals surface area contributed by atoms with Crippen LogP contribution in [-0.4, -0.2) is 17.9 Å². The number of carbonyl (C=O) groups excluding carboxylic acids is 2. The van der Waals surface area contributed by atoms with Gasteiger partial charge in [-0.1, -0.05) is 36.7 Å². The number of anilines is 1. The summed E-state index contributed by atoms with van der Waals surface area (Å²) in [6, 6.07) is 5.22. The number of carbonyl (C=O) groups is 2. The zero-order valence-corrected chi connectivity index (χ0v) is 17.9. The highest BCUT2D eigenvalue weighted by atomic mass is 79.9. The minimum atomic E-state index is -0.495. The fourth-order valence-corrected chi connectivity index (χ4v) is 3.71. The molecule has 0 spiro atoms. The third-order valence-electron chi connectivity index (χ3n) is 5.15. The molecule has 0 aromatic heterocycles. The van der Waals surface area contributed by atoms with Crippen LogP contribution >= 0.6 is 15.9 Å². The summed E-state index contributed by atoms with van der Waals surface area (Å²) in [4.78, 5) is 25.4. The molecule has 0 heterocycles. The predicted molar refractivity (Wildman–Crippen MR) is 110 cm³/mol. The van der Waals surface area contributed by atoms with Crippen LogP contribution in [-0.2, 0) is 9.59 Å². The molecule has 1 aromatic carbocycles. The predicted octanol–water partition coefficient (Wildman–Crippen LogP) is 5.05. The van der Waals surface area contributed by atoms with E-state index in [2.05, 4.69) is 47.3 Å². The van der Waals surface area contributed by atoms with Gasteiger partial charge in [0.1, 0.15) is 6.04 Å². The maximum Gasteiger partial charge on any atom is 0.246 e. The number of hydrogen-bond acceptors (Lipinski definition) is 2. The van der Waals surface area contributed by atoms with E-state index in [1.54, 1.807) is 0 Å². The molecule has 144 valence electrons. The maximum atomic E-state index is 12.8. The summed E-state index contributed by atoms with van der Waals surface area (Å²) in [6.45, 7) is 8.36. The van der Waals surface area contributed by atoms with E-state index in [1.807, 2.05) is 25.1 Å². The topological polar surface area (TPSA) is 58.2 Å². The molecule has 2 rings (SSSR count). The third kappa shape index (κ3) is 6.11. The number of benzene rings is 1. The summed E-state index contributed by atoms with van der Waals surface area (Å²) in [5.41, 5.74) is 1.81. The maximum absolute atomic E-state index is 12.8. The van der Waals surface area contributed by atoms with Crippen LogP contribution in [0.1, 0.15) is 58.4 Å². The summed E-state index contributed by atoms with van der Waals surface area (Å²) >= 11 is 3.47. The van der Waals surface area contributed by atoms with Gasteiger partial charge in [-0.05, 0) is 74.6 Å². The zero-order chi connectivity index (χ0) is 19.3. The van der Waals surface area contributed by atoms with Gasteiger partial charge in [0.05, 0.1) is 0 Å². The van der Waals surface area contributed by atoms with Crippen molar-refractivity contribution in [3.63, 3.8) is 0 Å². The van der Waals surface area contributed by atoms with Crippen LogP contribution in [0, 0.1) is 24.7 Å². The largest absolute Gasteiger partial charge is 0.344 e. The van der Waals surface area contributed by atoms with E-state index < -0.39 is 6.04 Å². The van der Waals surface area contributed by atoms with Gasteiger partial charge in [0, 0.05) is 16.1 Å². The fraction of sp³-hybridized carbons (Fsp3) is 0.619. The first-order chi connectivity index (χ1) is 12.3. The Labute approximate surface area is 165 Å². The standard InChI is InChI=1S/C21H31BrN2O2/c1-13(2)11-19(24-20(25)16-7-5-14(3)6-8-16)21(26)23-17-9-10-18(22)15(4)12-17/h9-10,12-14,16,19H,5-8,11H2,1-4H3,(H,23,26)(H,24,25). The summed E-state index contributed by atoms with van der Waals surface area (Å²) in [7, 11) is 0. The Hall–Kier alpha value is -1.36. The summed E-state index contributed by atoms with van der Waals surface area (Å²) in [5, 5.41) is 5.97. The lowest BCUT2D eigenvalue weighted by atomic mass is 9.82. The van der Waals surface area contributed by atoms with Gasteiger partial charge < -0.3 is 10.6 Å². The monoisotopic (exact) mass is 422 g/mol. The van der Waals surface area contributed by atoms with Gasteiger partial charge >= 0.3 is 0 Å². The van der Waals surface area contributed by atoms with Gasteiger partial charge in [0.15, 0.2) is 0 Å². The van der Waals surface area contributed by atoms with E-state index >= 15 is 0 Å². The second kappa shape index (κ2) is 9.54. The molecule has 0 aliphatic heterocycles. The first-order valence-electron chi connectivity index (χ1n) is 9.63. The second-order valence-corrected chi connectivity index (χ2v) is 8.96. The number of hydrogen-bond donors (Lipinski definition) is 2. The SMILES string of the molecule is Cc1cc(NC(=O)C(CC(C)C)NC(=O)C2CCC(C)CC2)ccc1Br. The first-order valence-corrected chi connectivity index (χ1v) is 10.4.